The summed E-state index contributed by atoms with van der Waals surface area (Å²) in [4.78, 5) is 14.3. The number of rotatable bonds is 8. The van der Waals surface area contributed by atoms with E-state index in [1.807, 2.05) is 14.1 Å². The lowest BCUT2D eigenvalue weighted by molar-refractivity contribution is 0.232. The molecule has 1 heterocycles. The molecule has 0 aliphatic rings. The Kier molecular flexibility index (Phi) is 7.01. The first kappa shape index (κ1) is 20.3. The second-order valence-electron chi connectivity index (χ2n) is 7.09. The molecule has 148 valence electrons. The molecule has 6 heteroatoms. The topological polar surface area (TPSA) is 44.4 Å². The Hall–Kier alpha value is -2.44. The molecule has 2 N–H and O–H groups in total. The SMILES string of the molecule is CN(C)[C@H](CNC(=O)NCCc1ccc(F)cc1)Cc1csc2ccccc12. The Bertz CT molecular complexity index is 908. The van der Waals surface area contributed by atoms with Gasteiger partial charge in [0.2, 0.25) is 0 Å². The summed E-state index contributed by atoms with van der Waals surface area (Å²) in [7, 11) is 4.07. The van der Waals surface area contributed by atoms with Crippen LogP contribution in [-0.4, -0.2) is 44.2 Å². The predicted octanol–water partition coefficient (Wildman–Crippen LogP) is 4.06. The summed E-state index contributed by atoms with van der Waals surface area (Å²) in [5, 5.41) is 9.35. The van der Waals surface area contributed by atoms with Crippen molar-refractivity contribution in [2.24, 2.45) is 0 Å². The average Bonchev–Trinajstić information content (AvgIpc) is 3.09. The average molecular weight is 400 g/mol. The summed E-state index contributed by atoms with van der Waals surface area (Å²) in [5.74, 6) is -0.248. The largest absolute Gasteiger partial charge is 0.338 e. The number of likely N-dealkylation sites (N-methyl/N-ethyl adjacent to an activating group) is 1. The molecule has 0 aliphatic heterocycles. The Balaban J connectivity index is 1.47. The van der Waals surface area contributed by atoms with Crippen LogP contribution in [0.2, 0.25) is 0 Å². The van der Waals surface area contributed by atoms with E-state index in [2.05, 4.69) is 45.2 Å². The molecule has 3 rings (SSSR count). The number of benzene rings is 2. The summed E-state index contributed by atoms with van der Waals surface area (Å²) in [6.07, 6.45) is 1.55. The fraction of sp³-hybridized carbons (Fsp3) is 0.318. The van der Waals surface area contributed by atoms with Crippen LogP contribution in [0.15, 0.2) is 53.9 Å². The van der Waals surface area contributed by atoms with Crippen molar-refractivity contribution >= 4 is 27.5 Å². The number of nitrogens with zero attached hydrogens (tertiary/aromatic N) is 1. The number of fused-ring (bicyclic) bond motifs is 1. The van der Waals surface area contributed by atoms with Crippen LogP contribution in [0.4, 0.5) is 9.18 Å². The van der Waals surface area contributed by atoms with Crippen molar-refractivity contribution in [1.29, 1.82) is 0 Å². The number of hydrogen-bond acceptors (Lipinski definition) is 3. The summed E-state index contributed by atoms with van der Waals surface area (Å²) < 4.78 is 14.2. The van der Waals surface area contributed by atoms with Gasteiger partial charge >= 0.3 is 6.03 Å². The van der Waals surface area contributed by atoms with Crippen LogP contribution in [0.5, 0.6) is 0 Å². The van der Waals surface area contributed by atoms with E-state index in [0.717, 1.165) is 12.0 Å². The Morgan fingerprint density at radius 1 is 1.11 bits per heavy atom. The molecular weight excluding hydrogens is 373 g/mol. The van der Waals surface area contributed by atoms with Crippen LogP contribution in [0.25, 0.3) is 10.1 Å². The van der Waals surface area contributed by atoms with Crippen molar-refractivity contribution in [2.45, 2.75) is 18.9 Å². The minimum Gasteiger partial charge on any atom is -0.338 e. The van der Waals surface area contributed by atoms with Gasteiger partial charge in [-0.3, -0.25) is 0 Å². The molecule has 1 aromatic heterocycles. The van der Waals surface area contributed by atoms with Crippen LogP contribution in [-0.2, 0) is 12.8 Å². The smallest absolute Gasteiger partial charge is 0.314 e. The van der Waals surface area contributed by atoms with E-state index >= 15 is 0 Å². The number of amides is 2. The third kappa shape index (κ3) is 5.53. The highest BCUT2D eigenvalue weighted by molar-refractivity contribution is 7.17. The van der Waals surface area contributed by atoms with Gasteiger partial charge < -0.3 is 15.5 Å². The van der Waals surface area contributed by atoms with Crippen molar-refractivity contribution in [3.63, 3.8) is 0 Å². The van der Waals surface area contributed by atoms with E-state index in [1.165, 1.54) is 27.8 Å². The quantitative estimate of drug-likeness (QED) is 0.600. The van der Waals surface area contributed by atoms with E-state index in [9.17, 15) is 9.18 Å². The molecule has 0 fully saturated rings. The molecular formula is C22H26FN3OS. The van der Waals surface area contributed by atoms with Crippen LogP contribution >= 0.6 is 11.3 Å². The van der Waals surface area contributed by atoms with Crippen LogP contribution in [0.1, 0.15) is 11.1 Å². The van der Waals surface area contributed by atoms with Crippen molar-refractivity contribution in [1.82, 2.24) is 15.5 Å². The highest BCUT2D eigenvalue weighted by atomic mass is 32.1. The van der Waals surface area contributed by atoms with Crippen molar-refractivity contribution in [2.75, 3.05) is 27.2 Å². The van der Waals surface area contributed by atoms with Gasteiger partial charge in [-0.25, -0.2) is 9.18 Å². The maximum atomic E-state index is 12.9. The molecule has 0 aliphatic carbocycles. The lowest BCUT2D eigenvalue weighted by atomic mass is 10.0. The zero-order chi connectivity index (χ0) is 19.9. The molecule has 28 heavy (non-hydrogen) atoms. The van der Waals surface area contributed by atoms with Gasteiger partial charge in [0.25, 0.3) is 0 Å². The molecule has 3 aromatic rings. The molecule has 4 nitrogen and oxygen atoms in total. The van der Waals surface area contributed by atoms with Crippen LogP contribution < -0.4 is 10.6 Å². The number of urea groups is 1. The molecule has 2 aromatic carbocycles. The van der Waals surface area contributed by atoms with E-state index in [0.29, 0.717) is 19.5 Å². The maximum Gasteiger partial charge on any atom is 0.314 e. The third-order valence-electron chi connectivity index (χ3n) is 4.86. The molecule has 0 bridgehead atoms. The molecule has 0 radical (unpaired) electrons. The molecule has 2 amide bonds. The van der Waals surface area contributed by atoms with E-state index in [4.69, 9.17) is 0 Å². The van der Waals surface area contributed by atoms with E-state index < -0.39 is 0 Å². The van der Waals surface area contributed by atoms with Gasteiger partial charge in [-0.1, -0.05) is 30.3 Å². The minimum atomic E-state index is -0.248. The molecule has 0 spiro atoms. The number of carbonyl (C=O) groups is 1. The van der Waals surface area contributed by atoms with Gasteiger partial charge in [0.15, 0.2) is 0 Å². The molecule has 0 saturated heterocycles. The monoisotopic (exact) mass is 399 g/mol. The standard InChI is InChI=1S/C22H26FN3OS/c1-26(2)19(13-17-15-28-21-6-4-3-5-20(17)21)14-25-22(27)24-12-11-16-7-9-18(23)10-8-16/h3-10,15,19H,11-14H2,1-2H3,(H2,24,25,27)/t19-/m0/s1. The number of nitrogens with one attached hydrogen (secondary N) is 2. The van der Waals surface area contributed by atoms with Crippen molar-refractivity contribution < 1.29 is 9.18 Å². The Morgan fingerprint density at radius 3 is 2.61 bits per heavy atom. The van der Waals surface area contributed by atoms with Crippen LogP contribution in [0, 0.1) is 5.82 Å². The van der Waals surface area contributed by atoms with E-state index in [-0.39, 0.29) is 17.9 Å². The number of halogens is 1. The normalized spacial score (nSPS) is 12.3. The second-order valence-corrected chi connectivity index (χ2v) is 8.00. The van der Waals surface area contributed by atoms with Gasteiger partial charge in [-0.2, -0.15) is 0 Å². The van der Waals surface area contributed by atoms with Crippen molar-refractivity contribution in [3.8, 4) is 0 Å². The van der Waals surface area contributed by atoms with Gasteiger partial charge in [-0.15, -0.1) is 11.3 Å². The minimum absolute atomic E-state index is 0.177. The van der Waals surface area contributed by atoms with Gasteiger partial charge in [0.1, 0.15) is 5.82 Å². The Labute approximate surface area is 169 Å². The first-order valence-electron chi connectivity index (χ1n) is 9.40. The summed E-state index contributed by atoms with van der Waals surface area (Å²) in [5.41, 5.74) is 2.31. The van der Waals surface area contributed by atoms with E-state index in [1.54, 1.807) is 23.5 Å². The van der Waals surface area contributed by atoms with Crippen molar-refractivity contribution in [3.05, 3.63) is 70.9 Å². The first-order valence-corrected chi connectivity index (χ1v) is 10.3. The van der Waals surface area contributed by atoms with Gasteiger partial charge in [0, 0.05) is 23.8 Å². The second kappa shape index (κ2) is 9.66. The highest BCUT2D eigenvalue weighted by Crippen LogP contribution is 2.27. The first-order chi connectivity index (χ1) is 13.5. The molecule has 0 unspecified atom stereocenters. The van der Waals surface area contributed by atoms with Crippen LogP contribution in [0.3, 0.4) is 0 Å². The highest BCUT2D eigenvalue weighted by Gasteiger charge is 2.16. The summed E-state index contributed by atoms with van der Waals surface area (Å²) in [6.45, 7) is 1.08. The zero-order valence-electron chi connectivity index (χ0n) is 16.2. The lowest BCUT2D eigenvalue weighted by Gasteiger charge is -2.24. The van der Waals surface area contributed by atoms with Gasteiger partial charge in [0.05, 0.1) is 0 Å². The lowest BCUT2D eigenvalue weighted by Crippen LogP contribution is -2.45. The number of thiophene rings is 1. The molecule has 1 atom stereocenters. The maximum absolute atomic E-state index is 12.9. The summed E-state index contributed by atoms with van der Waals surface area (Å²) >= 11 is 1.76. The fourth-order valence-electron chi connectivity index (χ4n) is 3.13. The number of hydrogen-bond donors (Lipinski definition) is 2. The third-order valence-corrected chi connectivity index (χ3v) is 5.87. The zero-order valence-corrected chi connectivity index (χ0v) is 17.1. The Morgan fingerprint density at radius 2 is 1.86 bits per heavy atom. The number of carbonyl (C=O) groups excluding carboxylic acids is 1. The fourth-order valence-corrected chi connectivity index (χ4v) is 4.10. The van der Waals surface area contributed by atoms with Gasteiger partial charge in [-0.05, 0) is 67.0 Å². The molecule has 0 saturated carbocycles. The predicted molar refractivity (Wildman–Crippen MR) is 115 cm³/mol. The summed E-state index contributed by atoms with van der Waals surface area (Å²) in [6, 6.07) is 14.8.